The van der Waals surface area contributed by atoms with Gasteiger partial charge in [0.2, 0.25) is 5.91 Å². The minimum Gasteiger partial charge on any atom is -0.397 e. The van der Waals surface area contributed by atoms with Crippen LogP contribution in [0.15, 0.2) is 18.2 Å². The monoisotopic (exact) mass is 300 g/mol. The molecule has 6 heteroatoms. The van der Waals surface area contributed by atoms with Crippen molar-refractivity contribution in [1.29, 1.82) is 0 Å². The second-order valence-corrected chi connectivity index (χ2v) is 5.57. The van der Waals surface area contributed by atoms with Gasteiger partial charge in [-0.05, 0) is 31.4 Å². The molecule has 1 saturated carbocycles. The van der Waals surface area contributed by atoms with E-state index in [0.29, 0.717) is 24.2 Å². The van der Waals surface area contributed by atoms with Gasteiger partial charge in [-0.15, -0.1) is 0 Å². The molecule has 1 aliphatic carbocycles. The van der Waals surface area contributed by atoms with E-state index in [-0.39, 0.29) is 12.8 Å². The van der Waals surface area contributed by atoms with Crippen molar-refractivity contribution >= 4 is 17.3 Å². The molecule has 0 bridgehead atoms. The summed E-state index contributed by atoms with van der Waals surface area (Å²) in [4.78, 5) is 12.3. The average Bonchev–Trinajstić information content (AvgIpc) is 2.42. The van der Waals surface area contributed by atoms with E-state index < -0.39 is 23.9 Å². The number of aryl methyl sites for hydroxylation is 1. The maximum atomic E-state index is 13.0. The molecule has 3 N–H and O–H groups in total. The van der Waals surface area contributed by atoms with Crippen LogP contribution >= 0.6 is 0 Å². The van der Waals surface area contributed by atoms with Gasteiger partial charge >= 0.3 is 6.18 Å². The Morgan fingerprint density at radius 1 is 1.29 bits per heavy atom. The van der Waals surface area contributed by atoms with Crippen molar-refractivity contribution in [2.75, 3.05) is 11.1 Å². The number of para-hydroxylation sites is 1. The molecule has 0 aliphatic heterocycles. The highest BCUT2D eigenvalue weighted by Gasteiger charge is 2.48. The fourth-order valence-corrected chi connectivity index (χ4v) is 2.91. The molecule has 0 heterocycles. The number of rotatable bonds is 2. The smallest absolute Gasteiger partial charge is 0.392 e. The molecule has 0 aromatic heterocycles. The van der Waals surface area contributed by atoms with Crippen LogP contribution in [-0.4, -0.2) is 12.1 Å². The van der Waals surface area contributed by atoms with Gasteiger partial charge in [-0.3, -0.25) is 4.79 Å². The van der Waals surface area contributed by atoms with E-state index in [1.165, 1.54) is 0 Å². The number of alkyl halides is 3. The van der Waals surface area contributed by atoms with Crippen LogP contribution in [0.3, 0.4) is 0 Å². The largest absolute Gasteiger partial charge is 0.397 e. The van der Waals surface area contributed by atoms with Crippen molar-refractivity contribution in [3.63, 3.8) is 0 Å². The van der Waals surface area contributed by atoms with Gasteiger partial charge in [0.15, 0.2) is 0 Å². The third-order valence-electron chi connectivity index (χ3n) is 4.08. The van der Waals surface area contributed by atoms with E-state index in [0.717, 1.165) is 5.56 Å². The first kappa shape index (κ1) is 15.7. The van der Waals surface area contributed by atoms with Gasteiger partial charge in [0.1, 0.15) is 0 Å². The summed E-state index contributed by atoms with van der Waals surface area (Å²) in [6.07, 6.45) is -2.89. The molecule has 1 aromatic rings. The topological polar surface area (TPSA) is 55.1 Å². The number of nitrogen functional groups attached to an aromatic ring is 1. The Morgan fingerprint density at radius 2 is 1.95 bits per heavy atom. The Bertz CT molecular complexity index is 508. The van der Waals surface area contributed by atoms with Gasteiger partial charge < -0.3 is 11.1 Å². The highest BCUT2D eigenvalue weighted by molar-refractivity contribution is 5.96. The van der Waals surface area contributed by atoms with Gasteiger partial charge in [0, 0.05) is 5.92 Å². The standard InChI is InChI=1S/C15H19F3N2O/c1-9-5-4-8-12(19)13(9)20-14(21)10-6-2-3-7-11(10)15(16,17)18/h4-5,8,10-11H,2-3,6-7,19H2,1H3,(H,20,21). The molecule has 3 nitrogen and oxygen atoms in total. The second-order valence-electron chi connectivity index (χ2n) is 5.57. The second kappa shape index (κ2) is 5.95. The number of anilines is 2. The normalized spacial score (nSPS) is 22.9. The van der Waals surface area contributed by atoms with E-state index in [4.69, 9.17) is 5.73 Å². The lowest BCUT2D eigenvalue weighted by Crippen LogP contribution is -2.39. The molecule has 2 atom stereocenters. The molecule has 2 unspecified atom stereocenters. The Kier molecular flexibility index (Phi) is 4.44. The van der Waals surface area contributed by atoms with Crippen molar-refractivity contribution in [3.8, 4) is 0 Å². The van der Waals surface area contributed by atoms with Crippen LogP contribution in [0.25, 0.3) is 0 Å². The van der Waals surface area contributed by atoms with Crippen molar-refractivity contribution in [2.24, 2.45) is 11.8 Å². The minimum atomic E-state index is -4.33. The Hall–Kier alpha value is -1.72. The number of carbonyl (C=O) groups excluding carboxylic acids is 1. The third-order valence-corrected chi connectivity index (χ3v) is 4.08. The Labute approximate surface area is 121 Å². The van der Waals surface area contributed by atoms with Crippen molar-refractivity contribution in [2.45, 2.75) is 38.8 Å². The molecule has 1 amide bonds. The number of hydrogen-bond donors (Lipinski definition) is 2. The molecule has 0 saturated heterocycles. The summed E-state index contributed by atoms with van der Waals surface area (Å²) in [5, 5.41) is 2.59. The van der Waals surface area contributed by atoms with Gasteiger partial charge in [-0.2, -0.15) is 13.2 Å². The van der Waals surface area contributed by atoms with Gasteiger partial charge in [-0.1, -0.05) is 25.0 Å². The number of nitrogens with one attached hydrogen (secondary N) is 1. The number of amides is 1. The lowest BCUT2D eigenvalue weighted by Gasteiger charge is -2.32. The fourth-order valence-electron chi connectivity index (χ4n) is 2.91. The van der Waals surface area contributed by atoms with Crippen LogP contribution in [0, 0.1) is 18.8 Å². The summed E-state index contributed by atoms with van der Waals surface area (Å²) in [5.74, 6) is -3.17. The first-order valence-electron chi connectivity index (χ1n) is 7.03. The molecule has 1 aromatic carbocycles. The number of halogens is 3. The molecule has 1 fully saturated rings. The molecule has 0 radical (unpaired) electrons. The number of nitrogens with two attached hydrogens (primary N) is 1. The van der Waals surface area contributed by atoms with Crippen LogP contribution in [0.1, 0.15) is 31.2 Å². The summed E-state index contributed by atoms with van der Waals surface area (Å²) in [6, 6.07) is 5.11. The molecular weight excluding hydrogens is 281 g/mol. The average molecular weight is 300 g/mol. The molecular formula is C15H19F3N2O. The Morgan fingerprint density at radius 3 is 2.57 bits per heavy atom. The zero-order valence-corrected chi connectivity index (χ0v) is 11.8. The Balaban J connectivity index is 2.18. The molecule has 21 heavy (non-hydrogen) atoms. The predicted octanol–water partition coefficient (Wildman–Crippen LogP) is 3.88. The lowest BCUT2D eigenvalue weighted by molar-refractivity contribution is -0.197. The van der Waals surface area contributed by atoms with E-state index in [2.05, 4.69) is 5.32 Å². The van der Waals surface area contributed by atoms with Crippen LogP contribution < -0.4 is 11.1 Å². The predicted molar refractivity (Wildman–Crippen MR) is 75.7 cm³/mol. The molecule has 1 aliphatic rings. The van der Waals surface area contributed by atoms with E-state index in [9.17, 15) is 18.0 Å². The molecule has 0 spiro atoms. The number of hydrogen-bond acceptors (Lipinski definition) is 2. The fraction of sp³-hybridized carbons (Fsp3) is 0.533. The van der Waals surface area contributed by atoms with Crippen molar-refractivity contribution in [3.05, 3.63) is 23.8 Å². The van der Waals surface area contributed by atoms with Gasteiger partial charge in [0.05, 0.1) is 17.3 Å². The maximum absolute atomic E-state index is 13.0. The first-order chi connectivity index (χ1) is 9.80. The minimum absolute atomic E-state index is 0.0187. The van der Waals surface area contributed by atoms with E-state index in [1.807, 2.05) is 0 Å². The number of carbonyl (C=O) groups is 1. The SMILES string of the molecule is Cc1cccc(N)c1NC(=O)C1CCCCC1C(F)(F)F. The quantitative estimate of drug-likeness (QED) is 0.814. The summed E-state index contributed by atoms with van der Waals surface area (Å²) in [6.45, 7) is 1.76. The molecule has 2 rings (SSSR count). The summed E-state index contributed by atoms with van der Waals surface area (Å²) < 4.78 is 39.1. The van der Waals surface area contributed by atoms with Gasteiger partial charge in [-0.25, -0.2) is 0 Å². The van der Waals surface area contributed by atoms with Crippen molar-refractivity contribution in [1.82, 2.24) is 0 Å². The summed E-state index contributed by atoms with van der Waals surface area (Å²) in [7, 11) is 0. The van der Waals surface area contributed by atoms with Crippen molar-refractivity contribution < 1.29 is 18.0 Å². The van der Waals surface area contributed by atoms with Crippen LogP contribution in [0.4, 0.5) is 24.5 Å². The van der Waals surface area contributed by atoms with Crippen LogP contribution in [0.2, 0.25) is 0 Å². The highest BCUT2D eigenvalue weighted by Crippen LogP contribution is 2.42. The van der Waals surface area contributed by atoms with Crippen LogP contribution in [-0.2, 0) is 4.79 Å². The number of benzene rings is 1. The third kappa shape index (κ3) is 3.49. The zero-order valence-electron chi connectivity index (χ0n) is 11.8. The highest BCUT2D eigenvalue weighted by atomic mass is 19.4. The van der Waals surface area contributed by atoms with E-state index in [1.54, 1.807) is 25.1 Å². The molecule has 116 valence electrons. The summed E-state index contributed by atoms with van der Waals surface area (Å²) in [5.41, 5.74) is 7.30. The maximum Gasteiger partial charge on any atom is 0.392 e. The summed E-state index contributed by atoms with van der Waals surface area (Å²) >= 11 is 0. The lowest BCUT2D eigenvalue weighted by atomic mass is 9.78. The van der Waals surface area contributed by atoms with Crippen LogP contribution in [0.5, 0.6) is 0 Å². The van der Waals surface area contributed by atoms with E-state index >= 15 is 0 Å². The zero-order chi connectivity index (χ0) is 15.6. The first-order valence-corrected chi connectivity index (χ1v) is 7.03. The van der Waals surface area contributed by atoms with Gasteiger partial charge in [0.25, 0.3) is 0 Å².